The molecule has 0 unspecified atom stereocenters. The Hall–Kier alpha value is -2.26. The number of aliphatic hydroxyl groups excluding tert-OH is 1. The van der Waals surface area contributed by atoms with Gasteiger partial charge in [-0.15, -0.1) is 0 Å². The molecule has 0 amide bonds. The van der Waals surface area contributed by atoms with E-state index in [9.17, 15) is 14.7 Å². The third-order valence-electron chi connectivity index (χ3n) is 9.24. The van der Waals surface area contributed by atoms with Crippen molar-refractivity contribution in [1.82, 2.24) is 0 Å². The van der Waals surface area contributed by atoms with Crippen LogP contribution in [0.2, 0.25) is 0 Å². The number of epoxide rings is 1. The SMILES string of the molecule is CC1=C[C@H]2O[C@@H]3C[C@H]4OC(=O)/C=C\C=C[C@@H]([C@@H](C)O)OCC/C(C)=C/C(=O)OC[C@@]2(CC1)[C@]4(C)[C@]31CO1. The molecule has 0 radical (unpaired) electrons. The van der Waals surface area contributed by atoms with Crippen molar-refractivity contribution in [3.63, 3.8) is 0 Å². The number of carbonyl (C=O) groups is 2. The average molecular weight is 515 g/mol. The number of hydrogen-bond acceptors (Lipinski definition) is 8. The molecular formula is C29H38O8. The Bertz CT molecular complexity index is 1050. The topological polar surface area (TPSA) is 104 Å². The van der Waals surface area contributed by atoms with Crippen LogP contribution in [0.3, 0.4) is 0 Å². The summed E-state index contributed by atoms with van der Waals surface area (Å²) in [6.07, 6.45) is 10.5. The van der Waals surface area contributed by atoms with Crippen LogP contribution in [-0.4, -0.2) is 73.0 Å². The summed E-state index contributed by atoms with van der Waals surface area (Å²) in [6.45, 7) is 8.73. The Morgan fingerprint density at radius 2 is 1.84 bits per heavy atom. The van der Waals surface area contributed by atoms with E-state index in [0.29, 0.717) is 26.1 Å². The van der Waals surface area contributed by atoms with Gasteiger partial charge >= 0.3 is 11.9 Å². The normalized spacial score (nSPS) is 45.3. The minimum absolute atomic E-state index is 0.144. The zero-order valence-electron chi connectivity index (χ0n) is 22.1. The van der Waals surface area contributed by atoms with E-state index in [-0.39, 0.29) is 18.8 Å². The lowest BCUT2D eigenvalue weighted by atomic mass is 9.51. The van der Waals surface area contributed by atoms with Crippen LogP contribution in [0.25, 0.3) is 0 Å². The highest BCUT2D eigenvalue weighted by Gasteiger charge is 2.83. The zero-order valence-corrected chi connectivity index (χ0v) is 22.1. The maximum atomic E-state index is 12.9. The molecule has 1 N–H and O–H groups in total. The van der Waals surface area contributed by atoms with Crippen molar-refractivity contribution < 1.29 is 38.4 Å². The number of esters is 2. The van der Waals surface area contributed by atoms with Crippen LogP contribution in [0.1, 0.15) is 53.4 Å². The summed E-state index contributed by atoms with van der Waals surface area (Å²) in [5, 5.41) is 10.0. The van der Waals surface area contributed by atoms with Crippen molar-refractivity contribution >= 4 is 11.9 Å². The van der Waals surface area contributed by atoms with Gasteiger partial charge in [-0.3, -0.25) is 0 Å². The molecule has 1 saturated carbocycles. The summed E-state index contributed by atoms with van der Waals surface area (Å²) in [4.78, 5) is 25.9. The first-order valence-corrected chi connectivity index (χ1v) is 13.3. The maximum Gasteiger partial charge on any atom is 0.331 e. The molecule has 0 aromatic carbocycles. The molecule has 5 rings (SSSR count). The van der Waals surface area contributed by atoms with Gasteiger partial charge in [0, 0.05) is 24.0 Å². The highest BCUT2D eigenvalue weighted by molar-refractivity contribution is 5.83. The second kappa shape index (κ2) is 9.80. The molecule has 8 heteroatoms. The van der Waals surface area contributed by atoms with Crippen molar-refractivity contribution in [1.29, 1.82) is 0 Å². The zero-order chi connectivity index (χ0) is 26.4. The van der Waals surface area contributed by atoms with Gasteiger partial charge in [-0.25, -0.2) is 9.59 Å². The molecule has 2 saturated heterocycles. The lowest BCUT2D eigenvalue weighted by molar-refractivity contribution is -0.232. The largest absolute Gasteiger partial charge is 0.462 e. The Balaban J connectivity index is 1.51. The summed E-state index contributed by atoms with van der Waals surface area (Å²) in [5.74, 6) is -0.879. The second-order valence-corrected chi connectivity index (χ2v) is 11.4. The number of cyclic esters (lactones) is 1. The van der Waals surface area contributed by atoms with E-state index in [1.165, 1.54) is 17.7 Å². The van der Waals surface area contributed by atoms with Gasteiger partial charge in [0.25, 0.3) is 0 Å². The van der Waals surface area contributed by atoms with Gasteiger partial charge in [-0.2, -0.15) is 0 Å². The first kappa shape index (κ1) is 26.4. The Morgan fingerprint density at radius 1 is 1.05 bits per heavy atom. The van der Waals surface area contributed by atoms with Crippen molar-refractivity contribution in [2.45, 2.75) is 89.5 Å². The summed E-state index contributed by atoms with van der Waals surface area (Å²) < 4.78 is 30.6. The van der Waals surface area contributed by atoms with Crippen molar-refractivity contribution in [3.05, 3.63) is 47.6 Å². The highest BCUT2D eigenvalue weighted by Crippen LogP contribution is 2.72. The fourth-order valence-corrected chi connectivity index (χ4v) is 6.85. The molecule has 2 aliphatic carbocycles. The van der Waals surface area contributed by atoms with E-state index in [1.54, 1.807) is 25.2 Å². The molecule has 2 bridgehead atoms. The Morgan fingerprint density at radius 3 is 2.57 bits per heavy atom. The quantitative estimate of drug-likeness (QED) is 0.323. The van der Waals surface area contributed by atoms with E-state index >= 15 is 0 Å². The number of allylic oxidation sites excluding steroid dienone is 3. The number of aliphatic hydroxyl groups is 1. The smallest absolute Gasteiger partial charge is 0.331 e. The van der Waals surface area contributed by atoms with Crippen LogP contribution >= 0.6 is 0 Å². The monoisotopic (exact) mass is 514 g/mol. The predicted molar refractivity (Wildman–Crippen MR) is 134 cm³/mol. The van der Waals surface area contributed by atoms with Crippen LogP contribution in [0, 0.1) is 10.8 Å². The molecule has 2 spiro atoms. The molecule has 0 aromatic rings. The number of rotatable bonds is 1. The fourth-order valence-electron chi connectivity index (χ4n) is 6.85. The van der Waals surface area contributed by atoms with Crippen LogP contribution in [0.4, 0.5) is 0 Å². The molecule has 0 aromatic heterocycles. The maximum absolute atomic E-state index is 12.9. The average Bonchev–Trinajstić information content (AvgIpc) is 3.61. The lowest BCUT2D eigenvalue weighted by Crippen LogP contribution is -2.66. The van der Waals surface area contributed by atoms with E-state index in [4.69, 9.17) is 23.7 Å². The van der Waals surface area contributed by atoms with Crippen LogP contribution in [-0.2, 0) is 33.3 Å². The molecule has 8 nitrogen and oxygen atoms in total. The number of ether oxygens (including phenoxy) is 5. The van der Waals surface area contributed by atoms with E-state index in [2.05, 4.69) is 19.9 Å². The van der Waals surface area contributed by atoms with Gasteiger partial charge in [0.15, 0.2) is 0 Å². The first-order valence-electron chi connectivity index (χ1n) is 13.3. The molecule has 5 aliphatic rings. The number of carbonyl (C=O) groups excluding carboxylic acids is 2. The second-order valence-electron chi connectivity index (χ2n) is 11.4. The van der Waals surface area contributed by atoms with E-state index in [0.717, 1.165) is 18.4 Å². The third kappa shape index (κ3) is 4.42. The Kier molecular flexibility index (Phi) is 6.98. The van der Waals surface area contributed by atoms with E-state index in [1.807, 2.05) is 6.92 Å². The molecule has 202 valence electrons. The molecular weight excluding hydrogens is 476 g/mol. The summed E-state index contributed by atoms with van der Waals surface area (Å²) >= 11 is 0. The van der Waals surface area contributed by atoms with Crippen LogP contribution in [0.15, 0.2) is 47.6 Å². The molecule has 8 atom stereocenters. The van der Waals surface area contributed by atoms with Gasteiger partial charge in [-0.05, 0) is 40.0 Å². The molecule has 3 fully saturated rings. The predicted octanol–water partition coefficient (Wildman–Crippen LogP) is 3.34. The third-order valence-corrected chi connectivity index (χ3v) is 9.24. The standard InChI is InChI=1S/C29H38O8/c1-18-9-11-28-16-34-26(32)14-19(2)10-12-33-21(20(3)30)7-5-6-8-25(31)37-22-15-24(36-23(28)13-18)29(17-35-29)27(22,28)4/h5-8,13-14,20-24,30H,9-12,15-17H2,1-4H3/b7-5?,8-6-,19-14+/t20-,21+,22-,23-,24-,27-,28-,29+/m1/s1. The molecule has 3 aliphatic heterocycles. The first-order chi connectivity index (χ1) is 17.6. The van der Waals surface area contributed by atoms with Gasteiger partial charge in [0.1, 0.15) is 24.4 Å². The van der Waals surface area contributed by atoms with Crippen LogP contribution in [0.5, 0.6) is 0 Å². The van der Waals surface area contributed by atoms with E-state index < -0.39 is 46.7 Å². The van der Waals surface area contributed by atoms with Crippen molar-refractivity contribution in [2.24, 2.45) is 10.8 Å². The van der Waals surface area contributed by atoms with Gasteiger partial charge in [0.05, 0.1) is 36.9 Å². The van der Waals surface area contributed by atoms with Gasteiger partial charge in [0.2, 0.25) is 0 Å². The van der Waals surface area contributed by atoms with Gasteiger partial charge in [-0.1, -0.05) is 42.4 Å². The molecule has 37 heavy (non-hydrogen) atoms. The Labute approximate surface area is 218 Å². The highest BCUT2D eigenvalue weighted by atomic mass is 16.6. The van der Waals surface area contributed by atoms with Crippen molar-refractivity contribution in [3.8, 4) is 0 Å². The fraction of sp³-hybridized carbons (Fsp3) is 0.655. The summed E-state index contributed by atoms with van der Waals surface area (Å²) in [5.41, 5.74) is 0.318. The van der Waals surface area contributed by atoms with Crippen LogP contribution < -0.4 is 0 Å². The lowest BCUT2D eigenvalue weighted by Gasteiger charge is -2.58. The molecule has 3 heterocycles. The minimum Gasteiger partial charge on any atom is -0.462 e. The summed E-state index contributed by atoms with van der Waals surface area (Å²) in [6, 6.07) is 0. The number of hydrogen-bond donors (Lipinski definition) is 1. The summed E-state index contributed by atoms with van der Waals surface area (Å²) in [7, 11) is 0. The van der Waals surface area contributed by atoms with Crippen molar-refractivity contribution in [2.75, 3.05) is 19.8 Å². The minimum atomic E-state index is -0.735. The van der Waals surface area contributed by atoms with Gasteiger partial charge < -0.3 is 28.8 Å².